The van der Waals surface area contributed by atoms with Gasteiger partial charge in [-0.15, -0.1) is 0 Å². The van der Waals surface area contributed by atoms with Crippen molar-refractivity contribution in [3.63, 3.8) is 0 Å². The van der Waals surface area contributed by atoms with Gasteiger partial charge in [0.25, 0.3) is 0 Å². The molecular formula is C12H24N2O2. The number of esters is 1. The summed E-state index contributed by atoms with van der Waals surface area (Å²) in [5, 5.41) is 3.22. The number of nitrogens with zero attached hydrogens (tertiary/aromatic N) is 1. The summed E-state index contributed by atoms with van der Waals surface area (Å²) in [5.74, 6) is -0.0786. The lowest BCUT2D eigenvalue weighted by atomic mass is 10.1. The number of nitrogens with one attached hydrogen (secondary N) is 1. The Morgan fingerprint density at radius 3 is 3.00 bits per heavy atom. The number of carbonyl (C=O) groups is 1. The van der Waals surface area contributed by atoms with E-state index in [9.17, 15) is 4.79 Å². The zero-order valence-corrected chi connectivity index (χ0v) is 10.7. The first kappa shape index (κ1) is 13.5. The zero-order chi connectivity index (χ0) is 12.0. The highest BCUT2D eigenvalue weighted by Gasteiger charge is 2.29. The van der Waals surface area contributed by atoms with E-state index in [0.717, 1.165) is 13.1 Å². The first-order valence-corrected chi connectivity index (χ1v) is 6.25. The Morgan fingerprint density at radius 2 is 2.38 bits per heavy atom. The number of ether oxygens (including phenoxy) is 1. The predicted octanol–water partition coefficient (Wildman–Crippen LogP) is 1.01. The van der Waals surface area contributed by atoms with Gasteiger partial charge in [0.15, 0.2) is 0 Å². The summed E-state index contributed by atoms with van der Waals surface area (Å²) < 4.78 is 4.99. The van der Waals surface area contributed by atoms with Gasteiger partial charge in [-0.2, -0.15) is 0 Å². The minimum absolute atomic E-state index is 0.0786. The van der Waals surface area contributed by atoms with E-state index in [-0.39, 0.29) is 5.97 Å². The van der Waals surface area contributed by atoms with Crippen LogP contribution in [0.4, 0.5) is 0 Å². The van der Waals surface area contributed by atoms with E-state index in [2.05, 4.69) is 17.1 Å². The summed E-state index contributed by atoms with van der Waals surface area (Å²) in [7, 11) is 1.98. The molecule has 0 spiro atoms. The first-order chi connectivity index (χ1) is 7.69. The highest BCUT2D eigenvalue weighted by Crippen LogP contribution is 2.21. The minimum Gasteiger partial charge on any atom is -0.466 e. The second kappa shape index (κ2) is 6.86. The fourth-order valence-electron chi connectivity index (χ4n) is 2.47. The maximum Gasteiger partial charge on any atom is 0.307 e. The Labute approximate surface area is 98.3 Å². The maximum absolute atomic E-state index is 11.4. The fraction of sp³-hybridized carbons (Fsp3) is 0.917. The van der Waals surface area contributed by atoms with Crippen molar-refractivity contribution < 1.29 is 9.53 Å². The third kappa shape index (κ3) is 3.76. The molecule has 1 N–H and O–H groups in total. The van der Waals surface area contributed by atoms with Crippen LogP contribution in [0.1, 0.15) is 33.1 Å². The smallest absolute Gasteiger partial charge is 0.307 e. The van der Waals surface area contributed by atoms with Crippen molar-refractivity contribution in [1.82, 2.24) is 10.2 Å². The van der Waals surface area contributed by atoms with Crippen LogP contribution in [0.25, 0.3) is 0 Å². The summed E-state index contributed by atoms with van der Waals surface area (Å²) in [5.41, 5.74) is 0. The summed E-state index contributed by atoms with van der Waals surface area (Å²) in [6.45, 7) is 6.55. The van der Waals surface area contributed by atoms with Gasteiger partial charge in [0.2, 0.25) is 0 Å². The molecular weight excluding hydrogens is 204 g/mol. The second-order valence-corrected chi connectivity index (χ2v) is 4.45. The van der Waals surface area contributed by atoms with Gasteiger partial charge in [-0.05, 0) is 40.3 Å². The molecule has 1 rings (SSSR count). The SMILES string of the molecule is CCOC(=O)CC(C)N1CCCC1CNC. The molecule has 1 saturated heterocycles. The molecule has 0 aliphatic carbocycles. The summed E-state index contributed by atoms with van der Waals surface area (Å²) in [6, 6.07) is 0.870. The molecule has 1 aliphatic heterocycles. The topological polar surface area (TPSA) is 41.6 Å². The van der Waals surface area contributed by atoms with Crippen LogP contribution in [0.2, 0.25) is 0 Å². The van der Waals surface area contributed by atoms with Gasteiger partial charge in [-0.1, -0.05) is 0 Å². The second-order valence-electron chi connectivity index (χ2n) is 4.45. The molecule has 4 nitrogen and oxygen atoms in total. The average molecular weight is 228 g/mol. The third-order valence-corrected chi connectivity index (χ3v) is 3.20. The van der Waals surface area contributed by atoms with Crippen LogP contribution in [0.15, 0.2) is 0 Å². The van der Waals surface area contributed by atoms with Crippen LogP contribution < -0.4 is 5.32 Å². The highest BCUT2D eigenvalue weighted by molar-refractivity contribution is 5.70. The molecule has 2 unspecified atom stereocenters. The number of rotatable bonds is 6. The van der Waals surface area contributed by atoms with Crippen molar-refractivity contribution in [2.75, 3.05) is 26.7 Å². The lowest BCUT2D eigenvalue weighted by Gasteiger charge is -2.30. The summed E-state index contributed by atoms with van der Waals surface area (Å²) in [4.78, 5) is 13.8. The number of likely N-dealkylation sites (N-methyl/N-ethyl adjacent to an activating group) is 1. The molecule has 4 heteroatoms. The van der Waals surface area contributed by atoms with E-state index in [1.807, 2.05) is 14.0 Å². The van der Waals surface area contributed by atoms with Crippen molar-refractivity contribution in [1.29, 1.82) is 0 Å². The molecule has 94 valence electrons. The molecule has 2 atom stereocenters. The van der Waals surface area contributed by atoms with E-state index in [0.29, 0.717) is 25.1 Å². The molecule has 0 saturated carbocycles. The third-order valence-electron chi connectivity index (χ3n) is 3.20. The molecule has 1 heterocycles. The number of hydrogen-bond acceptors (Lipinski definition) is 4. The van der Waals surface area contributed by atoms with Crippen LogP contribution in [0.3, 0.4) is 0 Å². The van der Waals surface area contributed by atoms with Crippen molar-refractivity contribution in [3.8, 4) is 0 Å². The Kier molecular flexibility index (Phi) is 5.77. The van der Waals surface area contributed by atoms with Gasteiger partial charge in [0, 0.05) is 18.6 Å². The lowest BCUT2D eigenvalue weighted by Crippen LogP contribution is -2.43. The molecule has 1 fully saturated rings. The van der Waals surface area contributed by atoms with E-state index >= 15 is 0 Å². The van der Waals surface area contributed by atoms with Crippen molar-refractivity contribution in [3.05, 3.63) is 0 Å². The fourth-order valence-corrected chi connectivity index (χ4v) is 2.47. The summed E-state index contributed by atoms with van der Waals surface area (Å²) >= 11 is 0. The number of likely N-dealkylation sites (tertiary alicyclic amines) is 1. The van der Waals surface area contributed by atoms with Crippen LogP contribution >= 0.6 is 0 Å². The predicted molar refractivity (Wildman–Crippen MR) is 64.4 cm³/mol. The highest BCUT2D eigenvalue weighted by atomic mass is 16.5. The van der Waals surface area contributed by atoms with Gasteiger partial charge >= 0.3 is 5.97 Å². The maximum atomic E-state index is 11.4. The number of carbonyl (C=O) groups excluding carboxylic acids is 1. The van der Waals surface area contributed by atoms with E-state index in [1.54, 1.807) is 0 Å². The van der Waals surface area contributed by atoms with Gasteiger partial charge in [-0.3, -0.25) is 9.69 Å². The van der Waals surface area contributed by atoms with Gasteiger partial charge < -0.3 is 10.1 Å². The van der Waals surface area contributed by atoms with E-state index in [4.69, 9.17) is 4.74 Å². The number of hydrogen-bond donors (Lipinski definition) is 1. The Balaban J connectivity index is 2.39. The van der Waals surface area contributed by atoms with E-state index in [1.165, 1.54) is 12.8 Å². The van der Waals surface area contributed by atoms with E-state index < -0.39 is 0 Å². The van der Waals surface area contributed by atoms with Crippen LogP contribution in [0.5, 0.6) is 0 Å². The Hall–Kier alpha value is -0.610. The molecule has 0 aromatic carbocycles. The molecule has 0 aromatic heterocycles. The normalized spacial score (nSPS) is 23.3. The first-order valence-electron chi connectivity index (χ1n) is 6.25. The largest absolute Gasteiger partial charge is 0.466 e. The molecule has 0 bridgehead atoms. The molecule has 0 amide bonds. The monoisotopic (exact) mass is 228 g/mol. The Bertz CT molecular complexity index is 221. The van der Waals surface area contributed by atoms with Gasteiger partial charge in [0.1, 0.15) is 0 Å². The lowest BCUT2D eigenvalue weighted by molar-refractivity contribution is -0.144. The zero-order valence-electron chi connectivity index (χ0n) is 10.7. The van der Waals surface area contributed by atoms with Crippen LogP contribution in [0, 0.1) is 0 Å². The van der Waals surface area contributed by atoms with Gasteiger partial charge in [-0.25, -0.2) is 0 Å². The molecule has 0 radical (unpaired) electrons. The van der Waals surface area contributed by atoms with Crippen molar-refractivity contribution in [2.45, 2.75) is 45.2 Å². The standard InChI is InChI=1S/C12H24N2O2/c1-4-16-12(15)8-10(2)14-7-5-6-11(14)9-13-3/h10-11,13H,4-9H2,1-3H3. The van der Waals surface area contributed by atoms with Crippen molar-refractivity contribution >= 4 is 5.97 Å². The average Bonchev–Trinajstić information content (AvgIpc) is 2.66. The molecule has 16 heavy (non-hydrogen) atoms. The molecule has 1 aliphatic rings. The van der Waals surface area contributed by atoms with Crippen molar-refractivity contribution in [2.24, 2.45) is 0 Å². The summed E-state index contributed by atoms with van der Waals surface area (Å²) in [6.07, 6.45) is 2.97. The minimum atomic E-state index is -0.0786. The quantitative estimate of drug-likeness (QED) is 0.689. The Morgan fingerprint density at radius 1 is 1.62 bits per heavy atom. The molecule has 0 aromatic rings. The van der Waals surface area contributed by atoms with Gasteiger partial charge in [0.05, 0.1) is 13.0 Å². The van der Waals surface area contributed by atoms with Crippen LogP contribution in [-0.2, 0) is 9.53 Å². The van der Waals surface area contributed by atoms with Crippen LogP contribution in [-0.4, -0.2) is 49.7 Å².